The number of methoxy groups -OCH3 is 2. The van der Waals surface area contributed by atoms with Gasteiger partial charge in [-0.25, -0.2) is 5.43 Å². The van der Waals surface area contributed by atoms with Gasteiger partial charge >= 0.3 is 0 Å². The highest BCUT2D eigenvalue weighted by atomic mass is 79.9. The number of ether oxygens (including phenoxy) is 2. The number of aryl methyl sites for hydroxylation is 1. The molecule has 0 atom stereocenters. The Hall–Kier alpha value is -2.28. The van der Waals surface area contributed by atoms with Gasteiger partial charge in [0.05, 0.1) is 31.3 Å². The van der Waals surface area contributed by atoms with Crippen molar-refractivity contribution < 1.29 is 14.3 Å². The summed E-state index contributed by atoms with van der Waals surface area (Å²) >= 11 is 3.41. The number of amides is 1. The summed E-state index contributed by atoms with van der Waals surface area (Å²) in [6.45, 7) is 0. The molecule has 6 nitrogen and oxygen atoms in total. The molecule has 0 radical (unpaired) electrons. The molecule has 0 spiro atoms. The van der Waals surface area contributed by atoms with Gasteiger partial charge in [-0.3, -0.25) is 4.79 Å². The molecule has 2 rings (SSSR count). The van der Waals surface area contributed by atoms with Gasteiger partial charge in [-0.2, -0.15) is 5.10 Å². The Morgan fingerprint density at radius 2 is 2.17 bits per heavy atom. The second-order valence-electron chi connectivity index (χ2n) is 4.82. The van der Waals surface area contributed by atoms with E-state index in [1.807, 2.05) is 36.0 Å². The molecular formula is C16H18BrN3O3. The molecule has 23 heavy (non-hydrogen) atoms. The molecule has 0 saturated heterocycles. The van der Waals surface area contributed by atoms with E-state index >= 15 is 0 Å². The molecule has 0 aliphatic rings. The summed E-state index contributed by atoms with van der Waals surface area (Å²) < 4.78 is 13.2. The van der Waals surface area contributed by atoms with Crippen molar-refractivity contribution in [2.75, 3.05) is 14.2 Å². The molecule has 0 unspecified atom stereocenters. The Bertz CT molecular complexity index is 725. The average Bonchev–Trinajstić information content (AvgIpc) is 2.91. The monoisotopic (exact) mass is 379 g/mol. The second kappa shape index (κ2) is 7.82. The molecule has 1 aromatic heterocycles. The van der Waals surface area contributed by atoms with Crippen LogP contribution in [0.1, 0.15) is 11.3 Å². The van der Waals surface area contributed by atoms with Crippen molar-refractivity contribution in [3.05, 3.63) is 46.2 Å². The van der Waals surface area contributed by atoms with Crippen LogP contribution in [0.15, 0.2) is 40.0 Å². The largest absolute Gasteiger partial charge is 0.493 e. The molecule has 0 fully saturated rings. The number of carbonyl (C=O) groups excluding carboxylic acids is 1. The van der Waals surface area contributed by atoms with Crippen molar-refractivity contribution >= 4 is 28.1 Å². The van der Waals surface area contributed by atoms with Crippen molar-refractivity contribution in [1.29, 1.82) is 0 Å². The van der Waals surface area contributed by atoms with Gasteiger partial charge in [0.2, 0.25) is 5.91 Å². The number of nitrogens with one attached hydrogen (secondary N) is 1. The van der Waals surface area contributed by atoms with Crippen molar-refractivity contribution in [2.45, 2.75) is 6.42 Å². The fourth-order valence-corrected chi connectivity index (χ4v) is 2.70. The zero-order valence-corrected chi connectivity index (χ0v) is 14.8. The second-order valence-corrected chi connectivity index (χ2v) is 5.67. The van der Waals surface area contributed by atoms with Gasteiger partial charge < -0.3 is 14.0 Å². The first-order valence-electron chi connectivity index (χ1n) is 6.88. The summed E-state index contributed by atoms with van der Waals surface area (Å²) in [7, 11) is 5.03. The van der Waals surface area contributed by atoms with E-state index in [4.69, 9.17) is 9.47 Å². The number of hydrogen-bond donors (Lipinski definition) is 1. The van der Waals surface area contributed by atoms with E-state index < -0.39 is 0 Å². The van der Waals surface area contributed by atoms with Crippen molar-refractivity contribution in [1.82, 2.24) is 9.99 Å². The maximum absolute atomic E-state index is 11.9. The zero-order chi connectivity index (χ0) is 16.8. The Balaban J connectivity index is 2.01. The third-order valence-corrected chi connectivity index (χ3v) is 3.84. The van der Waals surface area contributed by atoms with E-state index in [-0.39, 0.29) is 12.3 Å². The first-order chi connectivity index (χ1) is 11.0. The highest BCUT2D eigenvalue weighted by Crippen LogP contribution is 2.35. The van der Waals surface area contributed by atoms with Gasteiger partial charge in [-0.15, -0.1) is 0 Å². The number of hydrazone groups is 1. The number of carbonyl (C=O) groups is 1. The number of nitrogens with zero attached hydrogens (tertiary/aromatic N) is 2. The van der Waals surface area contributed by atoms with E-state index in [2.05, 4.69) is 26.5 Å². The minimum atomic E-state index is -0.178. The fourth-order valence-electron chi connectivity index (χ4n) is 2.08. The lowest BCUT2D eigenvalue weighted by atomic mass is 10.2. The topological polar surface area (TPSA) is 64.8 Å². The molecule has 0 saturated carbocycles. The van der Waals surface area contributed by atoms with Crippen LogP contribution in [0.5, 0.6) is 11.5 Å². The number of rotatable bonds is 6. The highest BCUT2D eigenvalue weighted by Gasteiger charge is 2.09. The summed E-state index contributed by atoms with van der Waals surface area (Å²) in [5.74, 6) is 1.01. The average molecular weight is 380 g/mol. The standard InChI is InChI=1S/C16H18BrN3O3/c1-20-6-4-5-12(20)9-15(21)19-18-10-11-7-13(17)16(23-3)14(8-11)22-2/h4-8,10H,9H2,1-3H3,(H,19,21). The molecule has 1 heterocycles. The van der Waals surface area contributed by atoms with Gasteiger partial charge in [0.25, 0.3) is 0 Å². The summed E-state index contributed by atoms with van der Waals surface area (Å²) in [4.78, 5) is 11.9. The lowest BCUT2D eigenvalue weighted by molar-refractivity contribution is -0.120. The third-order valence-electron chi connectivity index (χ3n) is 3.25. The fraction of sp³-hybridized carbons (Fsp3) is 0.250. The van der Waals surface area contributed by atoms with Crippen LogP contribution < -0.4 is 14.9 Å². The number of hydrogen-bond acceptors (Lipinski definition) is 4. The van der Waals surface area contributed by atoms with E-state index in [9.17, 15) is 4.79 Å². The van der Waals surface area contributed by atoms with Gasteiger partial charge in [-0.05, 0) is 45.8 Å². The van der Waals surface area contributed by atoms with Crippen LogP contribution in [0.2, 0.25) is 0 Å². The SMILES string of the molecule is COc1cc(C=NNC(=O)Cc2cccn2C)cc(Br)c1OC. The van der Waals surface area contributed by atoms with Crippen molar-refractivity contribution in [2.24, 2.45) is 12.1 Å². The smallest absolute Gasteiger partial charge is 0.245 e. The molecule has 1 amide bonds. The zero-order valence-electron chi connectivity index (χ0n) is 13.2. The molecule has 0 aliphatic carbocycles. The van der Waals surface area contributed by atoms with Gasteiger partial charge in [0, 0.05) is 18.9 Å². The number of benzene rings is 1. The maximum Gasteiger partial charge on any atom is 0.245 e. The number of aromatic nitrogens is 1. The summed E-state index contributed by atoms with van der Waals surface area (Å²) in [5.41, 5.74) is 4.21. The molecule has 2 aromatic rings. The molecule has 0 bridgehead atoms. The van der Waals surface area contributed by atoms with E-state index in [0.717, 1.165) is 15.7 Å². The quantitative estimate of drug-likeness (QED) is 0.619. The summed E-state index contributed by atoms with van der Waals surface area (Å²) in [5, 5.41) is 3.97. The van der Waals surface area contributed by atoms with Crippen LogP contribution in [0.25, 0.3) is 0 Å². The lowest BCUT2D eigenvalue weighted by Gasteiger charge is -2.10. The van der Waals surface area contributed by atoms with Crippen LogP contribution in [-0.2, 0) is 18.3 Å². The third kappa shape index (κ3) is 4.35. The van der Waals surface area contributed by atoms with Crippen LogP contribution >= 0.6 is 15.9 Å². The maximum atomic E-state index is 11.9. The Labute approximate surface area is 143 Å². The molecular weight excluding hydrogens is 362 g/mol. The first-order valence-corrected chi connectivity index (χ1v) is 7.68. The van der Waals surface area contributed by atoms with Crippen LogP contribution in [0.3, 0.4) is 0 Å². The minimum absolute atomic E-state index is 0.178. The molecule has 0 aliphatic heterocycles. The number of halogens is 1. The molecule has 1 N–H and O–H groups in total. The van der Waals surface area contributed by atoms with Crippen LogP contribution in [0, 0.1) is 0 Å². The van der Waals surface area contributed by atoms with E-state index in [1.54, 1.807) is 26.5 Å². The van der Waals surface area contributed by atoms with Crippen LogP contribution in [0.4, 0.5) is 0 Å². The molecule has 122 valence electrons. The van der Waals surface area contributed by atoms with E-state index in [1.165, 1.54) is 0 Å². The van der Waals surface area contributed by atoms with Gasteiger partial charge in [0.15, 0.2) is 11.5 Å². The Morgan fingerprint density at radius 1 is 1.39 bits per heavy atom. The lowest BCUT2D eigenvalue weighted by Crippen LogP contribution is -2.20. The summed E-state index contributed by atoms with van der Waals surface area (Å²) in [6.07, 6.45) is 3.72. The van der Waals surface area contributed by atoms with Crippen LogP contribution in [-0.4, -0.2) is 30.9 Å². The summed E-state index contributed by atoms with van der Waals surface area (Å²) in [6, 6.07) is 7.40. The van der Waals surface area contributed by atoms with Crippen molar-refractivity contribution in [3.63, 3.8) is 0 Å². The molecule has 7 heteroatoms. The van der Waals surface area contributed by atoms with Gasteiger partial charge in [0.1, 0.15) is 0 Å². The molecule has 1 aromatic carbocycles. The normalized spacial score (nSPS) is 10.8. The van der Waals surface area contributed by atoms with Crippen molar-refractivity contribution in [3.8, 4) is 11.5 Å². The Morgan fingerprint density at radius 3 is 2.78 bits per heavy atom. The highest BCUT2D eigenvalue weighted by molar-refractivity contribution is 9.10. The minimum Gasteiger partial charge on any atom is -0.493 e. The van der Waals surface area contributed by atoms with E-state index in [0.29, 0.717) is 11.5 Å². The predicted octanol–water partition coefficient (Wildman–Crippen LogP) is 2.50. The Kier molecular flexibility index (Phi) is 5.81. The first kappa shape index (κ1) is 17.1. The predicted molar refractivity (Wildman–Crippen MR) is 92.1 cm³/mol. The van der Waals surface area contributed by atoms with Gasteiger partial charge in [-0.1, -0.05) is 0 Å².